The third-order valence-electron chi connectivity index (χ3n) is 2.84. The van der Waals surface area contributed by atoms with E-state index in [4.69, 9.17) is 4.74 Å². The van der Waals surface area contributed by atoms with Gasteiger partial charge in [0.25, 0.3) is 0 Å². The van der Waals surface area contributed by atoms with Crippen LogP contribution in [0.25, 0.3) is 0 Å². The van der Waals surface area contributed by atoms with Crippen molar-refractivity contribution in [2.75, 3.05) is 6.54 Å². The molecule has 1 unspecified atom stereocenters. The topological polar surface area (TPSA) is 67.4 Å². The van der Waals surface area contributed by atoms with Crippen LogP contribution in [0, 0.1) is 0 Å². The maximum absolute atomic E-state index is 12.2. The first-order valence-corrected chi connectivity index (χ1v) is 7.63. The van der Waals surface area contributed by atoms with E-state index < -0.39 is 17.7 Å². The first-order valence-electron chi connectivity index (χ1n) is 7.63. The first kappa shape index (κ1) is 18.0. The minimum Gasteiger partial charge on any atom is -0.444 e. The van der Waals surface area contributed by atoms with Crippen LogP contribution in [0.1, 0.15) is 39.7 Å². The van der Waals surface area contributed by atoms with Gasteiger partial charge < -0.3 is 15.4 Å². The van der Waals surface area contributed by atoms with Gasteiger partial charge in [0.05, 0.1) is 0 Å². The fourth-order valence-electron chi connectivity index (χ4n) is 1.88. The second kappa shape index (κ2) is 8.41. The molecule has 0 radical (unpaired) electrons. The maximum atomic E-state index is 12.2. The van der Waals surface area contributed by atoms with Gasteiger partial charge >= 0.3 is 6.09 Å². The van der Waals surface area contributed by atoms with E-state index in [1.807, 2.05) is 37.3 Å². The Hall–Kier alpha value is -2.04. The summed E-state index contributed by atoms with van der Waals surface area (Å²) in [6.07, 6.45) is 0.686. The van der Waals surface area contributed by atoms with Gasteiger partial charge in [-0.3, -0.25) is 4.79 Å². The van der Waals surface area contributed by atoms with Crippen LogP contribution in [0.5, 0.6) is 0 Å². The summed E-state index contributed by atoms with van der Waals surface area (Å²) in [7, 11) is 0. The summed E-state index contributed by atoms with van der Waals surface area (Å²) in [6, 6.07) is 8.93. The molecule has 0 aliphatic carbocycles. The Morgan fingerprint density at radius 1 is 1.18 bits per heavy atom. The van der Waals surface area contributed by atoms with E-state index in [1.165, 1.54) is 0 Å². The normalized spacial score (nSPS) is 12.4. The molecular formula is C17H26N2O3. The van der Waals surface area contributed by atoms with Gasteiger partial charge in [-0.2, -0.15) is 0 Å². The summed E-state index contributed by atoms with van der Waals surface area (Å²) in [5, 5.41) is 5.47. The molecule has 5 nitrogen and oxygen atoms in total. The van der Waals surface area contributed by atoms with Crippen molar-refractivity contribution in [1.82, 2.24) is 10.6 Å². The van der Waals surface area contributed by atoms with E-state index in [1.54, 1.807) is 20.8 Å². The van der Waals surface area contributed by atoms with E-state index in [0.29, 0.717) is 13.0 Å². The van der Waals surface area contributed by atoms with Gasteiger partial charge in [-0.05, 0) is 32.8 Å². The minimum atomic E-state index is -0.649. The Balaban J connectivity index is 2.73. The van der Waals surface area contributed by atoms with Gasteiger partial charge in [0.1, 0.15) is 11.6 Å². The largest absolute Gasteiger partial charge is 0.444 e. The molecule has 0 bridgehead atoms. The molecule has 2 amide bonds. The zero-order valence-corrected chi connectivity index (χ0v) is 13.8. The lowest BCUT2D eigenvalue weighted by Gasteiger charge is -2.23. The summed E-state index contributed by atoms with van der Waals surface area (Å²) in [4.78, 5) is 24.2. The summed E-state index contributed by atoms with van der Waals surface area (Å²) in [5.74, 6) is -0.198. The van der Waals surface area contributed by atoms with Crippen molar-refractivity contribution in [2.24, 2.45) is 0 Å². The van der Waals surface area contributed by atoms with Crippen LogP contribution in [-0.4, -0.2) is 30.2 Å². The molecule has 0 saturated carbocycles. The predicted molar refractivity (Wildman–Crippen MR) is 86.6 cm³/mol. The smallest absolute Gasteiger partial charge is 0.408 e. The number of amides is 2. The number of alkyl carbamates (subject to hydrolysis) is 1. The van der Waals surface area contributed by atoms with Gasteiger partial charge in [0.2, 0.25) is 5.91 Å². The molecule has 1 aromatic rings. The summed E-state index contributed by atoms with van der Waals surface area (Å²) in [6.45, 7) is 7.93. The van der Waals surface area contributed by atoms with Gasteiger partial charge in [-0.25, -0.2) is 4.79 Å². The average molecular weight is 306 g/mol. The van der Waals surface area contributed by atoms with Crippen molar-refractivity contribution in [3.8, 4) is 0 Å². The molecule has 0 aliphatic heterocycles. The van der Waals surface area contributed by atoms with Crippen LogP contribution in [0.2, 0.25) is 0 Å². The van der Waals surface area contributed by atoms with Gasteiger partial charge in [-0.15, -0.1) is 0 Å². The molecular weight excluding hydrogens is 280 g/mol. The second-order valence-corrected chi connectivity index (χ2v) is 6.18. The highest BCUT2D eigenvalue weighted by atomic mass is 16.6. The van der Waals surface area contributed by atoms with Crippen LogP contribution in [0.3, 0.4) is 0 Å². The molecule has 1 atom stereocenters. The molecule has 1 rings (SSSR count). The first-order chi connectivity index (χ1) is 10.3. The Kier molecular flexibility index (Phi) is 6.89. The van der Waals surface area contributed by atoms with Crippen molar-refractivity contribution in [3.05, 3.63) is 35.9 Å². The fraction of sp³-hybridized carbons (Fsp3) is 0.529. The molecule has 1 aromatic carbocycles. The van der Waals surface area contributed by atoms with Crippen molar-refractivity contribution in [2.45, 2.75) is 52.2 Å². The zero-order valence-electron chi connectivity index (χ0n) is 13.8. The van der Waals surface area contributed by atoms with E-state index in [2.05, 4.69) is 10.6 Å². The molecule has 5 heteroatoms. The number of rotatable bonds is 6. The van der Waals surface area contributed by atoms with Crippen LogP contribution >= 0.6 is 0 Å². The quantitative estimate of drug-likeness (QED) is 0.849. The van der Waals surface area contributed by atoms with Crippen molar-refractivity contribution in [3.63, 3.8) is 0 Å². The standard InChI is InChI=1S/C17H26N2O3/c1-5-11-18-15(20)14(12-13-9-7-6-8-10-13)19-16(21)22-17(2,3)4/h6-10,14H,5,11-12H2,1-4H3,(H,18,20)(H,19,21). The number of hydrogen-bond acceptors (Lipinski definition) is 3. The minimum absolute atomic E-state index is 0.198. The molecule has 0 heterocycles. The van der Waals surface area contributed by atoms with Crippen LogP contribution < -0.4 is 10.6 Å². The number of ether oxygens (including phenoxy) is 1. The Bertz CT molecular complexity index is 480. The molecule has 0 fully saturated rings. The van der Waals surface area contributed by atoms with Gasteiger partial charge in [-0.1, -0.05) is 37.3 Å². The molecule has 2 N–H and O–H groups in total. The van der Waals surface area contributed by atoms with Crippen molar-refractivity contribution >= 4 is 12.0 Å². The van der Waals surface area contributed by atoms with E-state index in [0.717, 1.165) is 12.0 Å². The number of nitrogens with one attached hydrogen (secondary N) is 2. The Morgan fingerprint density at radius 2 is 1.82 bits per heavy atom. The summed E-state index contributed by atoms with van der Waals surface area (Å²) < 4.78 is 5.23. The number of hydrogen-bond donors (Lipinski definition) is 2. The molecule has 0 aromatic heterocycles. The summed E-state index contributed by atoms with van der Waals surface area (Å²) >= 11 is 0. The number of benzene rings is 1. The van der Waals surface area contributed by atoms with E-state index in [-0.39, 0.29) is 5.91 Å². The average Bonchev–Trinajstić information content (AvgIpc) is 2.43. The van der Waals surface area contributed by atoms with E-state index >= 15 is 0 Å². The molecule has 122 valence electrons. The van der Waals surface area contributed by atoms with Crippen LogP contribution in [-0.2, 0) is 16.0 Å². The highest BCUT2D eigenvalue weighted by molar-refractivity contribution is 5.85. The third-order valence-corrected chi connectivity index (χ3v) is 2.84. The maximum Gasteiger partial charge on any atom is 0.408 e. The van der Waals surface area contributed by atoms with Crippen molar-refractivity contribution in [1.29, 1.82) is 0 Å². The molecule has 22 heavy (non-hydrogen) atoms. The summed E-state index contributed by atoms with van der Waals surface area (Å²) in [5.41, 5.74) is 0.386. The number of carbonyl (C=O) groups excluding carboxylic acids is 2. The predicted octanol–water partition coefficient (Wildman–Crippen LogP) is 2.65. The highest BCUT2D eigenvalue weighted by Crippen LogP contribution is 2.08. The van der Waals surface area contributed by atoms with E-state index in [9.17, 15) is 9.59 Å². The van der Waals surface area contributed by atoms with Crippen LogP contribution in [0.4, 0.5) is 4.79 Å². The molecule has 0 spiro atoms. The monoisotopic (exact) mass is 306 g/mol. The zero-order chi connectivity index (χ0) is 16.6. The van der Waals surface area contributed by atoms with Gasteiger partial charge in [0, 0.05) is 13.0 Å². The molecule has 0 saturated heterocycles. The number of carbonyl (C=O) groups is 2. The lowest BCUT2D eigenvalue weighted by Crippen LogP contribution is -2.49. The SMILES string of the molecule is CCCNC(=O)C(Cc1ccccc1)NC(=O)OC(C)(C)C. The lowest BCUT2D eigenvalue weighted by molar-refractivity contribution is -0.123. The Labute approximate surface area is 132 Å². The van der Waals surface area contributed by atoms with Crippen molar-refractivity contribution < 1.29 is 14.3 Å². The third kappa shape index (κ3) is 7.11. The Morgan fingerprint density at radius 3 is 2.36 bits per heavy atom. The molecule has 0 aliphatic rings. The van der Waals surface area contributed by atoms with Gasteiger partial charge in [0.15, 0.2) is 0 Å². The second-order valence-electron chi connectivity index (χ2n) is 6.18. The van der Waals surface area contributed by atoms with Crippen LogP contribution in [0.15, 0.2) is 30.3 Å². The lowest BCUT2D eigenvalue weighted by atomic mass is 10.1. The highest BCUT2D eigenvalue weighted by Gasteiger charge is 2.24. The fourth-order valence-corrected chi connectivity index (χ4v) is 1.88.